The van der Waals surface area contributed by atoms with Crippen LogP contribution in [0.3, 0.4) is 0 Å². The molecule has 4 N–H and O–H groups in total. The van der Waals surface area contributed by atoms with Crippen LogP contribution in [-0.2, 0) is 10.0 Å². The van der Waals surface area contributed by atoms with Crippen molar-refractivity contribution in [1.29, 1.82) is 0 Å². The average Bonchev–Trinajstić information content (AvgIpc) is 2.28. The summed E-state index contributed by atoms with van der Waals surface area (Å²) in [6.07, 6.45) is 1.51. The average molecular weight is 272 g/mol. The van der Waals surface area contributed by atoms with E-state index in [1.807, 2.05) is 6.92 Å². The van der Waals surface area contributed by atoms with Crippen LogP contribution in [0.15, 0.2) is 18.3 Å². The van der Waals surface area contributed by atoms with Gasteiger partial charge >= 0.3 is 0 Å². The molecule has 0 spiro atoms. The number of amides is 1. The number of pyridine rings is 1. The van der Waals surface area contributed by atoms with Crippen LogP contribution in [0.5, 0.6) is 0 Å². The molecule has 0 radical (unpaired) electrons. The van der Waals surface area contributed by atoms with Crippen LogP contribution in [0.2, 0.25) is 0 Å². The van der Waals surface area contributed by atoms with Crippen LogP contribution in [0.1, 0.15) is 17.3 Å². The van der Waals surface area contributed by atoms with Crippen molar-refractivity contribution in [2.45, 2.75) is 6.92 Å². The molecule has 18 heavy (non-hydrogen) atoms. The van der Waals surface area contributed by atoms with Crippen molar-refractivity contribution >= 4 is 21.7 Å². The highest BCUT2D eigenvalue weighted by Gasteiger charge is 2.08. The first kappa shape index (κ1) is 14.4. The fourth-order valence-corrected chi connectivity index (χ4v) is 1.65. The van der Waals surface area contributed by atoms with Crippen LogP contribution in [0, 0.1) is 0 Å². The van der Waals surface area contributed by atoms with E-state index in [9.17, 15) is 13.2 Å². The number of hydrogen-bond acceptors (Lipinski definition) is 5. The van der Waals surface area contributed by atoms with Gasteiger partial charge in [0.2, 0.25) is 10.0 Å². The highest BCUT2D eigenvalue weighted by atomic mass is 32.2. The summed E-state index contributed by atoms with van der Waals surface area (Å²) in [5, 5.41) is 10.3. The zero-order valence-electron chi connectivity index (χ0n) is 10.0. The Kier molecular flexibility index (Phi) is 5.05. The van der Waals surface area contributed by atoms with Crippen LogP contribution < -0.4 is 15.8 Å². The fraction of sp³-hybridized carbons (Fsp3) is 0.400. The lowest BCUT2D eigenvalue weighted by Gasteiger charge is -2.06. The predicted molar refractivity (Wildman–Crippen MR) is 68.7 cm³/mol. The van der Waals surface area contributed by atoms with Gasteiger partial charge in [-0.3, -0.25) is 4.79 Å². The first-order valence-corrected chi connectivity index (χ1v) is 7.12. The first-order valence-electron chi connectivity index (χ1n) is 5.41. The van der Waals surface area contributed by atoms with Crippen LogP contribution in [0.25, 0.3) is 0 Å². The third-order valence-electron chi connectivity index (χ3n) is 2.05. The zero-order chi connectivity index (χ0) is 13.6. The molecule has 0 aromatic carbocycles. The summed E-state index contributed by atoms with van der Waals surface area (Å²) in [5.74, 6) is -0.0547. The van der Waals surface area contributed by atoms with Crippen molar-refractivity contribution in [2.24, 2.45) is 5.14 Å². The quantitative estimate of drug-likeness (QED) is 0.648. The lowest BCUT2D eigenvalue weighted by atomic mass is 10.2. The maximum absolute atomic E-state index is 11.7. The smallest absolute Gasteiger partial charge is 0.251 e. The van der Waals surface area contributed by atoms with Gasteiger partial charge in [0.1, 0.15) is 5.82 Å². The van der Waals surface area contributed by atoms with Crippen molar-refractivity contribution in [3.8, 4) is 0 Å². The largest absolute Gasteiger partial charge is 0.370 e. The second-order valence-electron chi connectivity index (χ2n) is 3.58. The molecule has 7 nitrogen and oxygen atoms in total. The number of primary sulfonamides is 1. The summed E-state index contributed by atoms with van der Waals surface area (Å²) in [6.45, 7) is 2.60. The number of nitrogens with zero attached hydrogens (tertiary/aromatic N) is 1. The summed E-state index contributed by atoms with van der Waals surface area (Å²) < 4.78 is 21.4. The molecule has 1 aromatic heterocycles. The van der Waals surface area contributed by atoms with Gasteiger partial charge < -0.3 is 10.6 Å². The SMILES string of the molecule is CCNc1cc(C(=O)NCCS(N)(=O)=O)ccn1. The molecular weight excluding hydrogens is 256 g/mol. The molecule has 1 amide bonds. The monoisotopic (exact) mass is 272 g/mol. The van der Waals surface area contributed by atoms with Gasteiger partial charge in [-0.1, -0.05) is 0 Å². The third kappa shape index (κ3) is 5.11. The summed E-state index contributed by atoms with van der Waals surface area (Å²) in [6, 6.07) is 3.14. The Bertz CT molecular complexity index is 516. The molecule has 0 atom stereocenters. The number of nitrogens with two attached hydrogens (primary N) is 1. The van der Waals surface area contributed by atoms with Crippen molar-refractivity contribution in [2.75, 3.05) is 24.2 Å². The zero-order valence-corrected chi connectivity index (χ0v) is 10.8. The highest BCUT2D eigenvalue weighted by molar-refractivity contribution is 7.89. The normalized spacial score (nSPS) is 11.0. The van der Waals surface area contributed by atoms with E-state index < -0.39 is 10.0 Å². The van der Waals surface area contributed by atoms with Crippen LogP contribution in [-0.4, -0.2) is 38.2 Å². The molecule has 100 valence electrons. The summed E-state index contributed by atoms with van der Waals surface area (Å²) >= 11 is 0. The Morgan fingerprint density at radius 3 is 2.83 bits per heavy atom. The molecule has 0 unspecified atom stereocenters. The highest BCUT2D eigenvalue weighted by Crippen LogP contribution is 2.06. The number of rotatable bonds is 6. The van der Waals surface area contributed by atoms with E-state index in [-0.39, 0.29) is 18.2 Å². The van der Waals surface area contributed by atoms with Gasteiger partial charge in [-0.2, -0.15) is 0 Å². The molecule has 0 saturated heterocycles. The van der Waals surface area contributed by atoms with Gasteiger partial charge in [-0.25, -0.2) is 18.5 Å². The van der Waals surface area contributed by atoms with E-state index in [4.69, 9.17) is 5.14 Å². The summed E-state index contributed by atoms with van der Waals surface area (Å²) in [5.41, 5.74) is 0.412. The van der Waals surface area contributed by atoms with E-state index in [2.05, 4.69) is 15.6 Å². The molecule has 0 aliphatic rings. The first-order chi connectivity index (χ1) is 8.42. The third-order valence-corrected chi connectivity index (χ3v) is 2.83. The number of hydrogen-bond donors (Lipinski definition) is 3. The van der Waals surface area contributed by atoms with Gasteiger partial charge in [0.05, 0.1) is 5.75 Å². The molecule has 0 saturated carbocycles. The Labute approximate surface area is 106 Å². The Morgan fingerprint density at radius 2 is 2.22 bits per heavy atom. The lowest BCUT2D eigenvalue weighted by Crippen LogP contribution is -2.31. The van der Waals surface area contributed by atoms with E-state index in [0.29, 0.717) is 17.9 Å². The molecule has 0 aliphatic heterocycles. The predicted octanol–water partition coefficient (Wildman–Crippen LogP) is -0.468. The van der Waals surface area contributed by atoms with Crippen molar-refractivity contribution in [3.63, 3.8) is 0 Å². The van der Waals surface area contributed by atoms with Crippen molar-refractivity contribution < 1.29 is 13.2 Å². The van der Waals surface area contributed by atoms with Gasteiger partial charge in [-0.15, -0.1) is 0 Å². The van der Waals surface area contributed by atoms with E-state index >= 15 is 0 Å². The molecule has 0 fully saturated rings. The van der Waals surface area contributed by atoms with Crippen molar-refractivity contribution in [1.82, 2.24) is 10.3 Å². The molecule has 8 heteroatoms. The molecule has 1 aromatic rings. The van der Waals surface area contributed by atoms with Crippen LogP contribution >= 0.6 is 0 Å². The standard InChI is InChI=1S/C10H16N4O3S/c1-2-12-9-7-8(3-4-13-9)10(15)14-5-6-18(11,16)17/h3-4,7H,2,5-6H2,1H3,(H,12,13)(H,14,15)(H2,11,16,17). The summed E-state index contributed by atoms with van der Waals surface area (Å²) in [7, 11) is -3.56. The van der Waals surface area contributed by atoms with Gasteiger partial charge in [0.15, 0.2) is 0 Å². The molecular formula is C10H16N4O3S. The number of carbonyl (C=O) groups is 1. The summed E-state index contributed by atoms with van der Waals surface area (Å²) in [4.78, 5) is 15.7. The van der Waals surface area contributed by atoms with Crippen LogP contribution in [0.4, 0.5) is 5.82 Å². The van der Waals surface area contributed by atoms with Crippen molar-refractivity contribution in [3.05, 3.63) is 23.9 Å². The lowest BCUT2D eigenvalue weighted by molar-refractivity contribution is 0.0956. The second-order valence-corrected chi connectivity index (χ2v) is 5.32. The minimum atomic E-state index is -3.56. The molecule has 0 bridgehead atoms. The molecule has 1 heterocycles. The number of aromatic nitrogens is 1. The number of carbonyl (C=O) groups excluding carboxylic acids is 1. The topological polar surface area (TPSA) is 114 Å². The molecule has 0 aliphatic carbocycles. The maximum atomic E-state index is 11.7. The Balaban J connectivity index is 2.58. The number of nitrogens with one attached hydrogen (secondary N) is 2. The van der Waals surface area contributed by atoms with Gasteiger partial charge in [0.25, 0.3) is 5.91 Å². The maximum Gasteiger partial charge on any atom is 0.251 e. The number of anilines is 1. The minimum absolute atomic E-state index is 0.0173. The Morgan fingerprint density at radius 1 is 1.50 bits per heavy atom. The van der Waals surface area contributed by atoms with E-state index in [1.165, 1.54) is 6.20 Å². The van der Waals surface area contributed by atoms with E-state index in [1.54, 1.807) is 12.1 Å². The second kappa shape index (κ2) is 6.31. The van der Waals surface area contributed by atoms with Gasteiger partial charge in [-0.05, 0) is 19.1 Å². The molecule has 1 rings (SSSR count). The van der Waals surface area contributed by atoms with E-state index in [0.717, 1.165) is 0 Å². The fourth-order valence-electron chi connectivity index (χ4n) is 1.26. The minimum Gasteiger partial charge on any atom is -0.370 e. The Hall–Kier alpha value is -1.67. The van der Waals surface area contributed by atoms with Gasteiger partial charge in [0, 0.05) is 24.8 Å². The number of sulfonamides is 1.